The Morgan fingerprint density at radius 1 is 1.10 bits per heavy atom. The smallest absolute Gasteiger partial charge is 0.328 e. The third-order valence-electron chi connectivity index (χ3n) is 6.28. The Bertz CT molecular complexity index is 1250. The van der Waals surface area contributed by atoms with Crippen LogP contribution >= 0.6 is 35.0 Å². The van der Waals surface area contributed by atoms with E-state index in [1.165, 1.54) is 42.1 Å². The molecule has 3 N–H and O–H groups in total. The number of thioether (sulfide) groups is 1. The van der Waals surface area contributed by atoms with E-state index in [1.54, 1.807) is 17.0 Å². The number of carbonyl (C=O) groups is 4. The van der Waals surface area contributed by atoms with Crippen LogP contribution in [-0.2, 0) is 25.6 Å². The highest BCUT2D eigenvalue weighted by Crippen LogP contribution is 2.35. The molecule has 2 aromatic rings. The van der Waals surface area contributed by atoms with Crippen LogP contribution in [0.1, 0.15) is 24.0 Å². The molecule has 1 heterocycles. The largest absolute Gasteiger partial charge is 0.480 e. The van der Waals surface area contributed by atoms with Crippen LogP contribution in [0.2, 0.25) is 10.0 Å². The van der Waals surface area contributed by atoms with Crippen LogP contribution in [-0.4, -0.2) is 65.6 Å². The maximum absolute atomic E-state index is 13.0. The Kier molecular flexibility index (Phi) is 11.2. The van der Waals surface area contributed by atoms with Crippen LogP contribution < -0.4 is 10.6 Å². The topological polar surface area (TPSA) is 116 Å². The molecule has 39 heavy (non-hydrogen) atoms. The molecule has 0 aromatic heterocycles. The van der Waals surface area contributed by atoms with Gasteiger partial charge in [-0.05, 0) is 54.5 Å². The van der Waals surface area contributed by atoms with E-state index in [9.17, 15) is 28.7 Å². The molecule has 208 valence electrons. The fraction of sp³-hybridized carbons (Fsp3) is 0.333. The predicted octanol–water partition coefficient (Wildman–Crippen LogP) is 4.03. The number of carboxylic acid groups (broad SMARTS) is 1. The van der Waals surface area contributed by atoms with Gasteiger partial charge in [0, 0.05) is 36.5 Å². The number of hydrogen-bond donors (Lipinski definition) is 3. The van der Waals surface area contributed by atoms with Crippen LogP contribution in [0, 0.1) is 11.7 Å². The first-order valence-corrected chi connectivity index (χ1v) is 14.1. The molecule has 0 bridgehead atoms. The monoisotopic (exact) mass is 595 g/mol. The van der Waals surface area contributed by atoms with Gasteiger partial charge in [0.2, 0.25) is 17.7 Å². The lowest BCUT2D eigenvalue weighted by Crippen LogP contribution is -2.51. The van der Waals surface area contributed by atoms with Gasteiger partial charge in [-0.25, -0.2) is 9.18 Å². The van der Waals surface area contributed by atoms with Crippen molar-refractivity contribution < 1.29 is 28.7 Å². The molecule has 1 aliphatic rings. The van der Waals surface area contributed by atoms with Gasteiger partial charge in [-0.2, -0.15) is 0 Å². The molecule has 0 aliphatic carbocycles. The van der Waals surface area contributed by atoms with Gasteiger partial charge in [-0.1, -0.05) is 41.4 Å². The van der Waals surface area contributed by atoms with Gasteiger partial charge in [0.05, 0.1) is 16.5 Å². The summed E-state index contributed by atoms with van der Waals surface area (Å²) in [5, 5.41) is 15.3. The fourth-order valence-electron chi connectivity index (χ4n) is 4.02. The summed E-state index contributed by atoms with van der Waals surface area (Å²) in [6.45, 7) is 0.355. The first-order chi connectivity index (χ1) is 18.6. The zero-order valence-corrected chi connectivity index (χ0v) is 23.4. The Balaban J connectivity index is 1.47. The number of amides is 3. The number of nitrogens with one attached hydrogen (secondary N) is 2. The zero-order valence-electron chi connectivity index (χ0n) is 21.1. The summed E-state index contributed by atoms with van der Waals surface area (Å²) in [5.41, 5.74) is 1.19. The quantitative estimate of drug-likeness (QED) is 0.282. The summed E-state index contributed by atoms with van der Waals surface area (Å²) >= 11 is 14.0. The number of carboxylic acids is 1. The number of piperidine rings is 1. The number of hydrogen-bond acceptors (Lipinski definition) is 5. The number of likely N-dealkylation sites (tertiary alicyclic amines) is 1. The number of rotatable bonds is 10. The second-order valence-electron chi connectivity index (χ2n) is 8.92. The van der Waals surface area contributed by atoms with E-state index in [0.717, 1.165) is 4.90 Å². The maximum Gasteiger partial charge on any atom is 0.328 e. The van der Waals surface area contributed by atoms with E-state index in [1.807, 2.05) is 12.3 Å². The van der Waals surface area contributed by atoms with Crippen LogP contribution in [0.5, 0.6) is 0 Å². The minimum Gasteiger partial charge on any atom is -0.480 e. The second-order valence-corrected chi connectivity index (χ2v) is 10.5. The molecule has 3 rings (SSSR count). The highest BCUT2D eigenvalue weighted by atomic mass is 35.5. The molecular weight excluding hydrogens is 568 g/mol. The van der Waals surface area contributed by atoms with Gasteiger partial charge in [0.25, 0.3) is 0 Å². The van der Waals surface area contributed by atoms with Crippen molar-refractivity contribution in [3.63, 3.8) is 0 Å². The third kappa shape index (κ3) is 8.71. The molecule has 12 heteroatoms. The fourth-order valence-corrected chi connectivity index (χ4v) is 5.19. The number of halogens is 3. The average molecular weight is 597 g/mol. The minimum atomic E-state index is -1.31. The van der Waals surface area contributed by atoms with Crippen molar-refractivity contribution in [1.29, 1.82) is 0 Å². The third-order valence-corrected chi connectivity index (χ3v) is 8.06. The normalized spacial score (nSPS) is 14.7. The number of carbonyl (C=O) groups excluding carboxylic acids is 3. The lowest BCUT2D eigenvalue weighted by molar-refractivity contribution is -0.142. The van der Waals surface area contributed by atoms with Gasteiger partial charge in [0.15, 0.2) is 0 Å². The summed E-state index contributed by atoms with van der Waals surface area (Å²) in [4.78, 5) is 51.6. The molecule has 0 unspecified atom stereocenters. The lowest BCUT2D eigenvalue weighted by Gasteiger charge is -2.31. The van der Waals surface area contributed by atoms with Gasteiger partial charge >= 0.3 is 5.97 Å². The standard InChI is InChI=1S/C27H28Cl2FN3O5S/c1-39-21-8-4-17(24(28)25(21)29)5-9-23(35)33-12-10-18(11-13-33)26(36)32-20(27(37)38)15-31-22(34)14-16-2-6-19(30)7-3-16/h2-9,18,20H,10-15H2,1H3,(H,31,34)(H,32,36)(H,37,38)/b9-5+/t20-/m0/s1. The van der Waals surface area contributed by atoms with Crippen molar-refractivity contribution in [2.45, 2.75) is 30.2 Å². The second kappa shape index (κ2) is 14.3. The van der Waals surface area contributed by atoms with Crippen LogP contribution in [0.25, 0.3) is 6.08 Å². The molecule has 0 spiro atoms. The van der Waals surface area contributed by atoms with Gasteiger partial charge < -0.3 is 20.6 Å². The minimum absolute atomic E-state index is 0.0517. The average Bonchev–Trinajstić information content (AvgIpc) is 2.92. The number of nitrogens with zero attached hydrogens (tertiary/aromatic N) is 1. The Morgan fingerprint density at radius 3 is 2.38 bits per heavy atom. The molecule has 1 fully saturated rings. The van der Waals surface area contributed by atoms with Crippen LogP contribution in [0.4, 0.5) is 4.39 Å². The molecule has 8 nitrogen and oxygen atoms in total. The molecule has 1 atom stereocenters. The lowest BCUT2D eigenvalue weighted by atomic mass is 9.95. The van der Waals surface area contributed by atoms with Crippen molar-refractivity contribution in [1.82, 2.24) is 15.5 Å². The number of benzene rings is 2. The van der Waals surface area contributed by atoms with Gasteiger partial charge in [-0.3, -0.25) is 14.4 Å². The summed E-state index contributed by atoms with van der Waals surface area (Å²) in [7, 11) is 0. The zero-order chi connectivity index (χ0) is 28.5. The molecule has 0 saturated carbocycles. The van der Waals surface area contributed by atoms with E-state index >= 15 is 0 Å². The van der Waals surface area contributed by atoms with Crippen molar-refractivity contribution in [3.05, 3.63) is 69.5 Å². The summed E-state index contributed by atoms with van der Waals surface area (Å²) < 4.78 is 13.0. The van der Waals surface area contributed by atoms with Crippen molar-refractivity contribution in [2.24, 2.45) is 5.92 Å². The summed E-state index contributed by atoms with van der Waals surface area (Å²) in [5.74, 6) is -3.32. The first kappa shape index (κ1) is 30.5. The highest BCUT2D eigenvalue weighted by Gasteiger charge is 2.30. The van der Waals surface area contributed by atoms with Crippen molar-refractivity contribution in [3.8, 4) is 0 Å². The Morgan fingerprint density at radius 2 is 1.77 bits per heavy atom. The molecule has 3 amide bonds. The molecular formula is C27H28Cl2FN3O5S. The molecule has 0 radical (unpaired) electrons. The van der Waals surface area contributed by atoms with E-state index in [-0.39, 0.29) is 18.9 Å². The van der Waals surface area contributed by atoms with E-state index < -0.39 is 35.6 Å². The highest BCUT2D eigenvalue weighted by molar-refractivity contribution is 7.98. The first-order valence-electron chi connectivity index (χ1n) is 12.1. The van der Waals surface area contributed by atoms with E-state index in [2.05, 4.69) is 10.6 Å². The van der Waals surface area contributed by atoms with Crippen LogP contribution in [0.3, 0.4) is 0 Å². The Hall–Kier alpha value is -3.08. The number of aliphatic carboxylic acids is 1. The predicted molar refractivity (Wildman–Crippen MR) is 149 cm³/mol. The van der Waals surface area contributed by atoms with Crippen molar-refractivity contribution in [2.75, 3.05) is 25.9 Å². The summed E-state index contributed by atoms with van der Waals surface area (Å²) in [6.07, 6.45) is 5.57. The SMILES string of the molecule is CSc1ccc(/C=C/C(=O)N2CCC(C(=O)N[C@@H](CNC(=O)Cc3ccc(F)cc3)C(=O)O)CC2)c(Cl)c1Cl. The van der Waals surface area contributed by atoms with Crippen LogP contribution in [0.15, 0.2) is 47.4 Å². The van der Waals surface area contributed by atoms with Crippen molar-refractivity contribution >= 4 is 64.7 Å². The molecule has 1 aliphatic heterocycles. The van der Waals surface area contributed by atoms with Gasteiger partial charge in [0.1, 0.15) is 11.9 Å². The van der Waals surface area contributed by atoms with E-state index in [0.29, 0.717) is 47.1 Å². The molecule has 1 saturated heterocycles. The summed E-state index contributed by atoms with van der Waals surface area (Å²) in [6, 6.07) is 7.69. The Labute approximate surface area is 239 Å². The molecule has 2 aromatic carbocycles. The van der Waals surface area contributed by atoms with Gasteiger partial charge in [-0.15, -0.1) is 11.8 Å². The van der Waals surface area contributed by atoms with E-state index in [4.69, 9.17) is 23.2 Å². The maximum atomic E-state index is 13.0.